The van der Waals surface area contributed by atoms with Gasteiger partial charge in [-0.25, -0.2) is 9.97 Å². The molecule has 0 aliphatic rings. The summed E-state index contributed by atoms with van der Waals surface area (Å²) in [5, 5.41) is 4.74. The van der Waals surface area contributed by atoms with Gasteiger partial charge < -0.3 is 5.32 Å². The van der Waals surface area contributed by atoms with Crippen molar-refractivity contribution < 1.29 is 4.79 Å². The molecule has 1 N–H and O–H groups in total. The van der Waals surface area contributed by atoms with Gasteiger partial charge in [-0.3, -0.25) is 4.79 Å². The highest BCUT2D eigenvalue weighted by molar-refractivity contribution is 7.12. The largest absolute Gasteiger partial charge is 0.303 e. The zero-order valence-corrected chi connectivity index (χ0v) is 10.7. The maximum Gasteiger partial charge on any atom is 0.267 e. The number of anilines is 1. The van der Waals surface area contributed by atoms with E-state index in [4.69, 9.17) is 11.6 Å². The van der Waals surface area contributed by atoms with Crippen molar-refractivity contribution in [3.8, 4) is 0 Å². The van der Waals surface area contributed by atoms with Crippen LogP contribution in [0.2, 0.25) is 5.15 Å². The molecule has 0 unspecified atom stereocenters. The maximum absolute atomic E-state index is 12.0. The van der Waals surface area contributed by atoms with Gasteiger partial charge in [-0.1, -0.05) is 18.5 Å². The number of amides is 1. The van der Waals surface area contributed by atoms with Crippen LogP contribution in [0.5, 0.6) is 0 Å². The fourth-order valence-electron chi connectivity index (χ4n) is 1.38. The van der Waals surface area contributed by atoms with Crippen LogP contribution in [0, 0.1) is 0 Å². The van der Waals surface area contributed by atoms with Crippen LogP contribution < -0.4 is 5.32 Å². The number of thiophene rings is 1. The van der Waals surface area contributed by atoms with Gasteiger partial charge in [0.25, 0.3) is 5.91 Å². The molecule has 2 heterocycles. The Bertz CT molecular complexity index is 541. The highest BCUT2D eigenvalue weighted by Gasteiger charge is 2.14. The number of halogens is 1. The molecule has 2 aromatic rings. The van der Waals surface area contributed by atoms with Crippen molar-refractivity contribution in [1.29, 1.82) is 0 Å². The number of nitrogens with one attached hydrogen (secondary N) is 1. The summed E-state index contributed by atoms with van der Waals surface area (Å²) >= 11 is 7.22. The quantitative estimate of drug-likeness (QED) is 0.930. The molecule has 0 aromatic carbocycles. The summed E-state index contributed by atoms with van der Waals surface area (Å²) in [6, 6.07) is 1.94. The number of nitrogens with zero attached hydrogens (tertiary/aromatic N) is 2. The summed E-state index contributed by atoms with van der Waals surface area (Å²) in [5.41, 5.74) is 1.02. The van der Waals surface area contributed by atoms with Crippen LogP contribution >= 0.6 is 22.9 Å². The summed E-state index contributed by atoms with van der Waals surface area (Å²) in [6.45, 7) is 2.01. The van der Waals surface area contributed by atoms with Crippen LogP contribution in [-0.2, 0) is 6.42 Å². The first-order valence-electron chi connectivity index (χ1n) is 5.06. The van der Waals surface area contributed by atoms with E-state index >= 15 is 0 Å². The van der Waals surface area contributed by atoms with Crippen LogP contribution in [-0.4, -0.2) is 15.9 Å². The molecular weight excluding hydrogens is 258 g/mol. The van der Waals surface area contributed by atoms with Crippen molar-refractivity contribution in [3.63, 3.8) is 0 Å². The number of rotatable bonds is 3. The molecule has 88 valence electrons. The van der Waals surface area contributed by atoms with Crippen LogP contribution in [0.25, 0.3) is 0 Å². The van der Waals surface area contributed by atoms with E-state index in [1.54, 1.807) is 0 Å². The normalized spacial score (nSPS) is 10.2. The van der Waals surface area contributed by atoms with Gasteiger partial charge in [0.1, 0.15) is 0 Å². The molecule has 0 radical (unpaired) electrons. The molecule has 0 saturated heterocycles. The van der Waals surface area contributed by atoms with E-state index < -0.39 is 0 Å². The third-order valence-electron chi connectivity index (χ3n) is 2.22. The Hall–Kier alpha value is -1.46. The lowest BCUT2D eigenvalue weighted by molar-refractivity contribution is 0.102. The first-order valence-corrected chi connectivity index (χ1v) is 6.32. The maximum atomic E-state index is 12.0. The van der Waals surface area contributed by atoms with Gasteiger partial charge in [-0.2, -0.15) is 0 Å². The summed E-state index contributed by atoms with van der Waals surface area (Å²) in [5.74, 6) is 0.0915. The Morgan fingerprint density at radius 2 is 2.24 bits per heavy atom. The van der Waals surface area contributed by atoms with E-state index in [9.17, 15) is 4.79 Å². The highest BCUT2D eigenvalue weighted by Crippen LogP contribution is 2.20. The number of aromatic nitrogens is 2. The van der Waals surface area contributed by atoms with Crippen molar-refractivity contribution >= 4 is 34.7 Å². The van der Waals surface area contributed by atoms with Crippen LogP contribution in [0.1, 0.15) is 22.2 Å². The van der Waals surface area contributed by atoms with Gasteiger partial charge in [0, 0.05) is 12.4 Å². The van der Waals surface area contributed by atoms with Crippen LogP contribution in [0.3, 0.4) is 0 Å². The SMILES string of the molecule is CCc1ccsc1C(=O)Nc1nccnc1Cl. The number of carbonyl (C=O) groups is 1. The molecule has 17 heavy (non-hydrogen) atoms. The predicted molar refractivity (Wildman–Crippen MR) is 68.7 cm³/mol. The second-order valence-electron chi connectivity index (χ2n) is 3.28. The summed E-state index contributed by atoms with van der Waals surface area (Å²) in [6.07, 6.45) is 3.78. The van der Waals surface area contributed by atoms with E-state index in [2.05, 4.69) is 15.3 Å². The molecule has 0 atom stereocenters. The van der Waals surface area contributed by atoms with Crippen LogP contribution in [0.15, 0.2) is 23.8 Å². The fourth-order valence-corrected chi connectivity index (χ4v) is 2.43. The van der Waals surface area contributed by atoms with E-state index in [1.807, 2.05) is 18.4 Å². The third-order valence-corrected chi connectivity index (χ3v) is 3.45. The average molecular weight is 268 g/mol. The Balaban J connectivity index is 2.20. The molecule has 0 fully saturated rings. The third kappa shape index (κ3) is 2.62. The van der Waals surface area contributed by atoms with Gasteiger partial charge in [0.2, 0.25) is 0 Å². The minimum absolute atomic E-state index is 0.190. The van der Waals surface area contributed by atoms with E-state index in [0.29, 0.717) is 4.88 Å². The van der Waals surface area contributed by atoms with Crippen molar-refractivity contribution in [2.75, 3.05) is 5.32 Å². The predicted octanol–water partition coefficient (Wildman–Crippen LogP) is 3.01. The van der Waals surface area contributed by atoms with Crippen molar-refractivity contribution in [3.05, 3.63) is 39.4 Å². The minimum Gasteiger partial charge on any atom is -0.303 e. The molecule has 0 aliphatic heterocycles. The molecule has 0 aliphatic carbocycles. The Morgan fingerprint density at radius 1 is 1.47 bits per heavy atom. The zero-order chi connectivity index (χ0) is 12.3. The zero-order valence-electron chi connectivity index (χ0n) is 9.11. The second kappa shape index (κ2) is 5.25. The number of hydrogen-bond acceptors (Lipinski definition) is 4. The molecule has 0 bridgehead atoms. The summed E-state index contributed by atoms with van der Waals surface area (Å²) < 4.78 is 0. The molecule has 0 spiro atoms. The topological polar surface area (TPSA) is 54.9 Å². The van der Waals surface area contributed by atoms with Gasteiger partial charge in [0.05, 0.1) is 4.88 Å². The van der Waals surface area contributed by atoms with Gasteiger partial charge in [0.15, 0.2) is 11.0 Å². The van der Waals surface area contributed by atoms with Crippen molar-refractivity contribution in [2.24, 2.45) is 0 Å². The molecule has 1 amide bonds. The lowest BCUT2D eigenvalue weighted by Gasteiger charge is -2.04. The minimum atomic E-state index is -0.195. The number of aryl methyl sites for hydroxylation is 1. The molecule has 2 rings (SSSR count). The number of carbonyl (C=O) groups excluding carboxylic acids is 1. The Kier molecular flexibility index (Phi) is 3.71. The lowest BCUT2D eigenvalue weighted by atomic mass is 10.2. The molecule has 4 nitrogen and oxygen atoms in total. The van der Waals surface area contributed by atoms with Gasteiger partial charge >= 0.3 is 0 Å². The first-order chi connectivity index (χ1) is 8.22. The van der Waals surface area contributed by atoms with E-state index in [0.717, 1.165) is 12.0 Å². The Morgan fingerprint density at radius 3 is 2.94 bits per heavy atom. The molecule has 2 aromatic heterocycles. The molecule has 0 saturated carbocycles. The molecular formula is C11H10ClN3OS. The van der Waals surface area contributed by atoms with E-state index in [1.165, 1.54) is 23.7 Å². The standard InChI is InChI=1S/C11H10ClN3OS/c1-2-7-3-6-17-8(7)11(16)15-10-9(12)13-4-5-14-10/h3-6H,2H2,1H3,(H,14,15,16). The second-order valence-corrected chi connectivity index (χ2v) is 4.55. The fraction of sp³-hybridized carbons (Fsp3) is 0.182. The van der Waals surface area contributed by atoms with Crippen molar-refractivity contribution in [1.82, 2.24) is 9.97 Å². The smallest absolute Gasteiger partial charge is 0.267 e. The van der Waals surface area contributed by atoms with Crippen molar-refractivity contribution in [2.45, 2.75) is 13.3 Å². The summed E-state index contributed by atoms with van der Waals surface area (Å²) in [7, 11) is 0. The number of hydrogen-bond donors (Lipinski definition) is 1. The highest BCUT2D eigenvalue weighted by atomic mass is 35.5. The van der Waals surface area contributed by atoms with Gasteiger partial charge in [-0.15, -0.1) is 11.3 Å². The van der Waals surface area contributed by atoms with Gasteiger partial charge in [-0.05, 0) is 23.4 Å². The Labute approximate surface area is 108 Å². The van der Waals surface area contributed by atoms with E-state index in [-0.39, 0.29) is 16.9 Å². The average Bonchev–Trinajstić information content (AvgIpc) is 2.80. The lowest BCUT2D eigenvalue weighted by Crippen LogP contribution is -2.13. The molecule has 6 heteroatoms. The first kappa shape index (κ1) is 12.0. The van der Waals surface area contributed by atoms with Crippen LogP contribution in [0.4, 0.5) is 5.82 Å². The summed E-state index contributed by atoms with van der Waals surface area (Å²) in [4.78, 5) is 20.5. The monoisotopic (exact) mass is 267 g/mol.